The van der Waals surface area contributed by atoms with Crippen molar-refractivity contribution in [2.75, 3.05) is 12.8 Å². The number of benzene rings is 1. The van der Waals surface area contributed by atoms with Gasteiger partial charge in [-0.05, 0) is 37.0 Å². The highest BCUT2D eigenvalue weighted by molar-refractivity contribution is 7.99. The van der Waals surface area contributed by atoms with Crippen LogP contribution in [0.3, 0.4) is 0 Å². The maximum Gasteiger partial charge on any atom is 0.239 e. The summed E-state index contributed by atoms with van der Waals surface area (Å²) in [4.78, 5) is 14.4. The first kappa shape index (κ1) is 19.3. The second-order valence-corrected chi connectivity index (χ2v) is 7.37. The summed E-state index contributed by atoms with van der Waals surface area (Å²) in [7, 11) is 1.91. The normalized spacial score (nSPS) is 22.0. The van der Waals surface area contributed by atoms with Crippen LogP contribution in [-0.4, -0.2) is 40.9 Å². The van der Waals surface area contributed by atoms with Gasteiger partial charge in [0, 0.05) is 18.3 Å². The molecule has 124 valence electrons. The van der Waals surface area contributed by atoms with Gasteiger partial charge in [-0.1, -0.05) is 37.3 Å². The van der Waals surface area contributed by atoms with E-state index in [9.17, 15) is 4.79 Å². The summed E-state index contributed by atoms with van der Waals surface area (Å²) in [6.07, 6.45) is 4.05. The summed E-state index contributed by atoms with van der Waals surface area (Å²) in [6.45, 7) is 2.20. The van der Waals surface area contributed by atoms with E-state index < -0.39 is 6.04 Å². The van der Waals surface area contributed by atoms with Gasteiger partial charge >= 0.3 is 0 Å². The molecule has 0 bridgehead atoms. The number of nitrogens with zero attached hydrogens (tertiary/aromatic N) is 1. The Bertz CT molecular complexity index is 457. The van der Waals surface area contributed by atoms with Gasteiger partial charge < -0.3 is 10.6 Å². The summed E-state index contributed by atoms with van der Waals surface area (Å²) in [6, 6.07) is 9.93. The molecule has 1 fully saturated rings. The molecule has 1 aromatic rings. The smallest absolute Gasteiger partial charge is 0.239 e. The minimum Gasteiger partial charge on any atom is -0.341 e. The van der Waals surface area contributed by atoms with Gasteiger partial charge in [0.25, 0.3) is 0 Å². The standard InChI is InChI=1S/C17H26N2OS.ClH/c1-3-21-15-10-9-14(12-15)19(2)17(20)16(18)11-13-7-5-4-6-8-13;/h4-8,14-16H,3,9-12,18H2,1-2H3;1H/t14?,15?,16-;/m0./s1. The first-order valence-corrected chi connectivity index (χ1v) is 8.84. The molecule has 1 aliphatic carbocycles. The lowest BCUT2D eigenvalue weighted by Gasteiger charge is -2.27. The average molecular weight is 343 g/mol. The Morgan fingerprint density at radius 3 is 2.68 bits per heavy atom. The molecule has 1 aliphatic rings. The lowest BCUT2D eigenvalue weighted by Crippen LogP contribution is -2.46. The van der Waals surface area contributed by atoms with Gasteiger partial charge in [0.2, 0.25) is 5.91 Å². The van der Waals surface area contributed by atoms with Crippen molar-refractivity contribution in [1.29, 1.82) is 0 Å². The van der Waals surface area contributed by atoms with E-state index in [2.05, 4.69) is 6.92 Å². The van der Waals surface area contributed by atoms with Crippen molar-refractivity contribution in [1.82, 2.24) is 4.90 Å². The number of hydrogen-bond donors (Lipinski definition) is 1. The van der Waals surface area contributed by atoms with Crippen LogP contribution in [0.2, 0.25) is 0 Å². The third kappa shape index (κ3) is 5.18. The van der Waals surface area contributed by atoms with Crippen molar-refractivity contribution in [3.63, 3.8) is 0 Å². The number of carbonyl (C=O) groups is 1. The fourth-order valence-corrected chi connectivity index (χ4v) is 4.19. The van der Waals surface area contributed by atoms with E-state index in [0.717, 1.165) is 24.2 Å². The maximum atomic E-state index is 12.5. The maximum absolute atomic E-state index is 12.5. The molecule has 1 aromatic carbocycles. The molecular formula is C17H27ClN2OS. The van der Waals surface area contributed by atoms with Crippen LogP contribution in [0.1, 0.15) is 31.7 Å². The van der Waals surface area contributed by atoms with Crippen molar-refractivity contribution >= 4 is 30.1 Å². The first-order chi connectivity index (χ1) is 10.1. The number of nitrogens with two attached hydrogens (primary N) is 1. The van der Waals surface area contributed by atoms with Gasteiger partial charge in [0.1, 0.15) is 0 Å². The summed E-state index contributed by atoms with van der Waals surface area (Å²) in [5.74, 6) is 1.23. The highest BCUT2D eigenvalue weighted by atomic mass is 35.5. The summed E-state index contributed by atoms with van der Waals surface area (Å²) < 4.78 is 0. The number of halogens is 1. The number of likely N-dealkylation sites (N-methyl/N-ethyl adjacent to an activating group) is 1. The van der Waals surface area contributed by atoms with Crippen molar-refractivity contribution in [2.24, 2.45) is 5.73 Å². The van der Waals surface area contributed by atoms with Crippen LogP contribution < -0.4 is 5.73 Å². The van der Waals surface area contributed by atoms with E-state index >= 15 is 0 Å². The van der Waals surface area contributed by atoms with Crippen LogP contribution >= 0.6 is 24.2 Å². The van der Waals surface area contributed by atoms with Crippen molar-refractivity contribution < 1.29 is 4.79 Å². The van der Waals surface area contributed by atoms with E-state index in [1.807, 2.05) is 54.0 Å². The molecule has 0 aromatic heterocycles. The zero-order valence-corrected chi connectivity index (χ0v) is 15.0. The van der Waals surface area contributed by atoms with Gasteiger partial charge in [-0.25, -0.2) is 0 Å². The van der Waals surface area contributed by atoms with E-state index in [1.54, 1.807) is 0 Å². The Labute approximate surface area is 144 Å². The number of rotatable bonds is 6. The Morgan fingerprint density at radius 1 is 1.36 bits per heavy atom. The minimum absolute atomic E-state index is 0. The molecule has 0 saturated heterocycles. The molecule has 0 aliphatic heterocycles. The molecule has 1 amide bonds. The molecule has 22 heavy (non-hydrogen) atoms. The molecule has 2 unspecified atom stereocenters. The predicted molar refractivity (Wildman–Crippen MR) is 97.7 cm³/mol. The van der Waals surface area contributed by atoms with Crippen LogP contribution in [0.15, 0.2) is 30.3 Å². The highest BCUT2D eigenvalue weighted by Gasteiger charge is 2.31. The van der Waals surface area contributed by atoms with Crippen LogP contribution in [-0.2, 0) is 11.2 Å². The molecule has 2 N–H and O–H groups in total. The Morgan fingerprint density at radius 2 is 2.05 bits per heavy atom. The molecule has 5 heteroatoms. The zero-order valence-electron chi connectivity index (χ0n) is 13.4. The van der Waals surface area contributed by atoms with Crippen LogP contribution in [0.4, 0.5) is 0 Å². The van der Waals surface area contributed by atoms with Gasteiger partial charge in [0.05, 0.1) is 6.04 Å². The zero-order chi connectivity index (χ0) is 15.2. The van der Waals surface area contributed by atoms with Crippen LogP contribution in [0, 0.1) is 0 Å². The van der Waals surface area contributed by atoms with Crippen molar-refractivity contribution in [3.8, 4) is 0 Å². The molecule has 0 spiro atoms. The predicted octanol–water partition coefficient (Wildman–Crippen LogP) is 3.11. The molecule has 3 nitrogen and oxygen atoms in total. The summed E-state index contributed by atoms with van der Waals surface area (Å²) in [5, 5.41) is 0.709. The fraction of sp³-hybridized carbons (Fsp3) is 0.588. The third-order valence-electron chi connectivity index (χ3n) is 4.27. The topological polar surface area (TPSA) is 46.3 Å². The Kier molecular flexibility index (Phi) is 8.29. The van der Waals surface area contributed by atoms with Crippen LogP contribution in [0.25, 0.3) is 0 Å². The molecule has 0 heterocycles. The summed E-state index contributed by atoms with van der Waals surface area (Å²) >= 11 is 2.01. The molecule has 3 atom stereocenters. The highest BCUT2D eigenvalue weighted by Crippen LogP contribution is 2.32. The van der Waals surface area contributed by atoms with Gasteiger partial charge in [0.15, 0.2) is 0 Å². The second-order valence-electron chi connectivity index (χ2n) is 5.79. The van der Waals surface area contributed by atoms with Crippen molar-refractivity contribution in [2.45, 2.75) is 49.9 Å². The molecule has 0 radical (unpaired) electrons. The van der Waals surface area contributed by atoms with Gasteiger partial charge in [-0.2, -0.15) is 11.8 Å². The quantitative estimate of drug-likeness (QED) is 0.864. The number of hydrogen-bond acceptors (Lipinski definition) is 3. The van der Waals surface area contributed by atoms with E-state index in [1.165, 1.54) is 6.42 Å². The number of carbonyl (C=O) groups excluding carboxylic acids is 1. The monoisotopic (exact) mass is 342 g/mol. The van der Waals surface area contributed by atoms with Crippen molar-refractivity contribution in [3.05, 3.63) is 35.9 Å². The third-order valence-corrected chi connectivity index (χ3v) is 5.50. The molecule has 2 rings (SSSR count). The van der Waals surface area contributed by atoms with E-state index in [0.29, 0.717) is 17.7 Å². The SMILES string of the molecule is CCSC1CCC(N(C)C(=O)[C@@H](N)Cc2ccccc2)C1.Cl. The average Bonchev–Trinajstić information content (AvgIpc) is 2.95. The fourth-order valence-electron chi connectivity index (χ4n) is 3.05. The lowest BCUT2D eigenvalue weighted by atomic mass is 10.0. The number of amides is 1. The van der Waals surface area contributed by atoms with E-state index in [-0.39, 0.29) is 18.3 Å². The van der Waals surface area contributed by atoms with Crippen LogP contribution in [0.5, 0.6) is 0 Å². The lowest BCUT2D eigenvalue weighted by molar-refractivity contribution is -0.133. The van der Waals surface area contributed by atoms with Gasteiger partial charge in [-0.15, -0.1) is 12.4 Å². The van der Waals surface area contributed by atoms with Gasteiger partial charge in [-0.3, -0.25) is 4.79 Å². The Hall–Kier alpha value is -0.710. The minimum atomic E-state index is -0.435. The largest absolute Gasteiger partial charge is 0.341 e. The first-order valence-electron chi connectivity index (χ1n) is 7.79. The number of thioether (sulfide) groups is 1. The molecule has 1 saturated carbocycles. The van der Waals surface area contributed by atoms with E-state index in [4.69, 9.17) is 5.73 Å². The Balaban J connectivity index is 0.00000242. The summed E-state index contributed by atoms with van der Waals surface area (Å²) in [5.41, 5.74) is 7.24. The molecular weight excluding hydrogens is 316 g/mol. The second kappa shape index (κ2) is 9.43.